The number of nitrogens with one attached hydrogen (secondary N) is 2. The number of aliphatic imine (C=N–C) groups is 1. The Hall–Kier alpha value is -2.57. The molecule has 0 aliphatic carbocycles. The lowest BCUT2D eigenvalue weighted by Gasteiger charge is -2.14. The molecule has 0 bridgehead atoms. The molecule has 0 aliphatic rings. The summed E-state index contributed by atoms with van der Waals surface area (Å²) in [5.41, 5.74) is 1.91. The van der Waals surface area contributed by atoms with E-state index in [0.29, 0.717) is 25.0 Å². The van der Waals surface area contributed by atoms with Crippen molar-refractivity contribution in [3.63, 3.8) is 0 Å². The van der Waals surface area contributed by atoms with Gasteiger partial charge in [-0.15, -0.1) is 0 Å². The maximum Gasteiger partial charge on any atom is 0.191 e. The van der Waals surface area contributed by atoms with Crippen molar-refractivity contribution in [2.24, 2.45) is 4.99 Å². The number of nitrogens with zero attached hydrogens (tertiary/aromatic N) is 4. The molecule has 0 radical (unpaired) electrons. The zero-order valence-electron chi connectivity index (χ0n) is 15.0. The third-order valence-electron chi connectivity index (χ3n) is 3.51. The molecule has 2 aromatic rings. The molecule has 2 rings (SSSR count). The molecule has 2 N–H and O–H groups in total. The van der Waals surface area contributed by atoms with Gasteiger partial charge in [-0.2, -0.15) is 0 Å². The number of hydrogen-bond acceptors (Lipinski definition) is 5. The minimum absolute atomic E-state index is 0.356. The highest BCUT2D eigenvalue weighted by Crippen LogP contribution is 2.13. The second kappa shape index (κ2) is 8.33. The number of anilines is 1. The van der Waals surface area contributed by atoms with Crippen LogP contribution in [-0.4, -0.2) is 37.2 Å². The molecule has 2 aromatic heterocycles. The molecule has 130 valence electrons. The lowest BCUT2D eigenvalue weighted by Crippen LogP contribution is -2.36. The van der Waals surface area contributed by atoms with Gasteiger partial charge in [0.1, 0.15) is 5.82 Å². The second-order valence-corrected chi connectivity index (χ2v) is 6.03. The van der Waals surface area contributed by atoms with Gasteiger partial charge in [0.05, 0.1) is 24.5 Å². The SMILES string of the molecule is CN=C(NCc1cccc(N(C)C)n1)NCc1cc(C(C)C)no1. The van der Waals surface area contributed by atoms with Gasteiger partial charge in [0, 0.05) is 27.2 Å². The van der Waals surface area contributed by atoms with Crippen molar-refractivity contribution >= 4 is 11.8 Å². The maximum atomic E-state index is 5.31. The first-order valence-electron chi connectivity index (χ1n) is 8.03. The van der Waals surface area contributed by atoms with Gasteiger partial charge in [-0.25, -0.2) is 4.98 Å². The van der Waals surface area contributed by atoms with Crippen molar-refractivity contribution in [1.29, 1.82) is 0 Å². The molecule has 0 saturated heterocycles. The molecule has 0 aromatic carbocycles. The molecule has 7 nitrogen and oxygen atoms in total. The average molecular weight is 330 g/mol. The third kappa shape index (κ3) is 4.97. The van der Waals surface area contributed by atoms with E-state index in [-0.39, 0.29) is 0 Å². The highest BCUT2D eigenvalue weighted by Gasteiger charge is 2.08. The summed E-state index contributed by atoms with van der Waals surface area (Å²) in [5.74, 6) is 2.76. The van der Waals surface area contributed by atoms with Gasteiger partial charge < -0.3 is 20.1 Å². The second-order valence-electron chi connectivity index (χ2n) is 6.03. The van der Waals surface area contributed by atoms with E-state index in [1.54, 1.807) is 7.05 Å². The van der Waals surface area contributed by atoms with E-state index >= 15 is 0 Å². The summed E-state index contributed by atoms with van der Waals surface area (Å²) in [4.78, 5) is 10.8. The van der Waals surface area contributed by atoms with Crippen LogP contribution in [0.25, 0.3) is 0 Å². The number of rotatable bonds is 6. The molecule has 0 atom stereocenters. The van der Waals surface area contributed by atoms with Gasteiger partial charge in [0.15, 0.2) is 11.7 Å². The normalized spacial score (nSPS) is 11.7. The van der Waals surface area contributed by atoms with Crippen LogP contribution in [0.3, 0.4) is 0 Å². The lowest BCUT2D eigenvalue weighted by atomic mass is 10.1. The zero-order chi connectivity index (χ0) is 17.5. The zero-order valence-corrected chi connectivity index (χ0v) is 15.0. The van der Waals surface area contributed by atoms with Crippen molar-refractivity contribution in [3.8, 4) is 0 Å². The monoisotopic (exact) mass is 330 g/mol. The molecular formula is C17H26N6O. The van der Waals surface area contributed by atoms with Crippen LogP contribution in [0.1, 0.15) is 36.9 Å². The predicted octanol–water partition coefficient (Wildman–Crippen LogP) is 2.12. The number of hydrogen-bond donors (Lipinski definition) is 2. The minimum Gasteiger partial charge on any atom is -0.363 e. The first-order chi connectivity index (χ1) is 11.5. The molecule has 2 heterocycles. The predicted molar refractivity (Wildman–Crippen MR) is 96.2 cm³/mol. The standard InChI is InChI=1S/C17H26N6O/c1-12(2)15-9-14(24-22-15)11-20-17(18-3)19-10-13-7-6-8-16(21-13)23(4)5/h6-9,12H,10-11H2,1-5H3,(H2,18,19,20). The van der Waals surface area contributed by atoms with E-state index in [9.17, 15) is 0 Å². The summed E-state index contributed by atoms with van der Waals surface area (Å²) < 4.78 is 5.31. The molecule has 7 heteroatoms. The van der Waals surface area contributed by atoms with E-state index in [1.807, 2.05) is 43.3 Å². The Balaban J connectivity index is 1.87. The summed E-state index contributed by atoms with van der Waals surface area (Å²) in [6, 6.07) is 7.93. The summed E-state index contributed by atoms with van der Waals surface area (Å²) in [7, 11) is 5.69. The number of guanidine groups is 1. The van der Waals surface area contributed by atoms with E-state index in [2.05, 4.69) is 39.6 Å². The third-order valence-corrected chi connectivity index (χ3v) is 3.51. The lowest BCUT2D eigenvalue weighted by molar-refractivity contribution is 0.372. The summed E-state index contributed by atoms with van der Waals surface area (Å²) in [6.07, 6.45) is 0. The average Bonchev–Trinajstić information content (AvgIpc) is 3.04. The van der Waals surface area contributed by atoms with Crippen LogP contribution in [-0.2, 0) is 13.1 Å². The Labute approximate surface area is 143 Å². The summed E-state index contributed by atoms with van der Waals surface area (Å²) in [6.45, 7) is 5.30. The first-order valence-corrected chi connectivity index (χ1v) is 8.03. The van der Waals surface area contributed by atoms with Gasteiger partial charge in [-0.1, -0.05) is 25.1 Å². The molecular weight excluding hydrogens is 304 g/mol. The van der Waals surface area contributed by atoms with Crippen molar-refractivity contribution in [2.45, 2.75) is 32.9 Å². The van der Waals surface area contributed by atoms with E-state index in [1.165, 1.54) is 0 Å². The van der Waals surface area contributed by atoms with Crippen molar-refractivity contribution < 1.29 is 4.52 Å². The van der Waals surface area contributed by atoms with E-state index in [4.69, 9.17) is 4.52 Å². The van der Waals surface area contributed by atoms with E-state index in [0.717, 1.165) is 23.0 Å². The molecule has 0 aliphatic heterocycles. The fourth-order valence-corrected chi connectivity index (χ4v) is 2.06. The molecule has 0 amide bonds. The fourth-order valence-electron chi connectivity index (χ4n) is 2.06. The van der Waals surface area contributed by atoms with Crippen LogP contribution in [0.5, 0.6) is 0 Å². The van der Waals surface area contributed by atoms with Gasteiger partial charge in [0.2, 0.25) is 0 Å². The highest BCUT2D eigenvalue weighted by molar-refractivity contribution is 5.79. The van der Waals surface area contributed by atoms with Crippen molar-refractivity contribution in [2.75, 3.05) is 26.0 Å². The van der Waals surface area contributed by atoms with Crippen LogP contribution in [0.2, 0.25) is 0 Å². The smallest absolute Gasteiger partial charge is 0.191 e. The van der Waals surface area contributed by atoms with Crippen LogP contribution >= 0.6 is 0 Å². The molecule has 24 heavy (non-hydrogen) atoms. The largest absolute Gasteiger partial charge is 0.363 e. The van der Waals surface area contributed by atoms with Gasteiger partial charge in [0.25, 0.3) is 0 Å². The van der Waals surface area contributed by atoms with E-state index < -0.39 is 0 Å². The van der Waals surface area contributed by atoms with Gasteiger partial charge in [-0.05, 0) is 18.1 Å². The van der Waals surface area contributed by atoms with Crippen LogP contribution < -0.4 is 15.5 Å². The van der Waals surface area contributed by atoms with Gasteiger partial charge in [-0.3, -0.25) is 4.99 Å². The first kappa shape index (κ1) is 17.8. The quantitative estimate of drug-likeness (QED) is 0.624. The topological polar surface area (TPSA) is 78.6 Å². The summed E-state index contributed by atoms with van der Waals surface area (Å²) >= 11 is 0. The Bertz CT molecular complexity index is 677. The molecule has 0 saturated carbocycles. The number of pyridine rings is 1. The molecule has 0 unspecified atom stereocenters. The van der Waals surface area contributed by atoms with Crippen LogP contribution in [0.4, 0.5) is 5.82 Å². The Kier molecular flexibility index (Phi) is 6.17. The Morgan fingerprint density at radius 1 is 1.25 bits per heavy atom. The molecule has 0 spiro atoms. The fraction of sp³-hybridized carbons (Fsp3) is 0.471. The molecule has 0 fully saturated rings. The number of aromatic nitrogens is 2. The van der Waals surface area contributed by atoms with Crippen molar-refractivity contribution in [3.05, 3.63) is 41.4 Å². The highest BCUT2D eigenvalue weighted by atomic mass is 16.5. The maximum absolute atomic E-state index is 5.31. The Morgan fingerprint density at radius 2 is 2.00 bits per heavy atom. The van der Waals surface area contributed by atoms with Crippen molar-refractivity contribution in [1.82, 2.24) is 20.8 Å². The van der Waals surface area contributed by atoms with Crippen LogP contribution in [0.15, 0.2) is 33.8 Å². The minimum atomic E-state index is 0.356. The van der Waals surface area contributed by atoms with Gasteiger partial charge >= 0.3 is 0 Å². The Morgan fingerprint density at radius 3 is 2.62 bits per heavy atom. The van der Waals surface area contributed by atoms with Crippen LogP contribution in [0, 0.1) is 0 Å². The summed E-state index contributed by atoms with van der Waals surface area (Å²) in [5, 5.41) is 10.5.